The number of hydrogen-bond donors (Lipinski definition) is 1. The third-order valence-corrected chi connectivity index (χ3v) is 1.72. The highest BCUT2D eigenvalue weighted by Crippen LogP contribution is 2.17. The van der Waals surface area contributed by atoms with E-state index in [4.69, 9.17) is 5.73 Å². The van der Waals surface area contributed by atoms with E-state index in [1.807, 2.05) is 24.3 Å². The van der Waals surface area contributed by atoms with Crippen LogP contribution in [0.1, 0.15) is 0 Å². The Hall–Kier alpha value is -1.09. The molecule has 1 rings (SSSR count). The Balaban J connectivity index is 2.76. The van der Waals surface area contributed by atoms with Gasteiger partial charge >= 0.3 is 0 Å². The molecular formula is C9H9BrN2. The van der Waals surface area contributed by atoms with Crippen LogP contribution in [0.25, 0.3) is 0 Å². The predicted molar refractivity (Wildman–Crippen MR) is 55.6 cm³/mol. The zero-order valence-corrected chi connectivity index (χ0v) is 8.03. The lowest BCUT2D eigenvalue weighted by Gasteiger charge is -1.91. The molecule has 12 heavy (non-hydrogen) atoms. The van der Waals surface area contributed by atoms with E-state index in [9.17, 15) is 0 Å². The van der Waals surface area contributed by atoms with E-state index in [2.05, 4.69) is 20.9 Å². The van der Waals surface area contributed by atoms with Crippen LogP contribution in [0.4, 0.5) is 5.69 Å². The monoisotopic (exact) mass is 224 g/mol. The van der Waals surface area contributed by atoms with Crippen LogP contribution in [0.5, 0.6) is 0 Å². The highest BCUT2D eigenvalue weighted by molar-refractivity contribution is 9.10. The first kappa shape index (κ1) is 9.00. The highest BCUT2D eigenvalue weighted by Gasteiger charge is 1.87. The van der Waals surface area contributed by atoms with Crippen LogP contribution in [0.3, 0.4) is 0 Å². The zero-order valence-electron chi connectivity index (χ0n) is 6.44. The fourth-order valence-corrected chi connectivity index (χ4v) is 1.12. The fraction of sp³-hybridized carbons (Fsp3) is 0. The summed E-state index contributed by atoms with van der Waals surface area (Å²) < 4.78 is 1.02. The van der Waals surface area contributed by atoms with Gasteiger partial charge in [0, 0.05) is 10.7 Å². The second kappa shape index (κ2) is 4.72. The maximum Gasteiger partial charge on any atom is 0.0640 e. The summed E-state index contributed by atoms with van der Waals surface area (Å²) in [6.07, 6.45) is 4.78. The molecule has 0 spiro atoms. The van der Waals surface area contributed by atoms with E-state index in [1.54, 1.807) is 12.3 Å². The van der Waals surface area contributed by atoms with E-state index in [-0.39, 0.29) is 0 Å². The largest absolute Gasteiger partial charge is 0.405 e. The molecule has 0 amide bonds. The number of hydrogen-bond acceptors (Lipinski definition) is 2. The van der Waals surface area contributed by atoms with E-state index >= 15 is 0 Å². The second-order valence-corrected chi connectivity index (χ2v) is 3.06. The van der Waals surface area contributed by atoms with Gasteiger partial charge in [0.2, 0.25) is 0 Å². The molecule has 0 unspecified atom stereocenters. The van der Waals surface area contributed by atoms with Gasteiger partial charge in [-0.15, -0.1) is 0 Å². The van der Waals surface area contributed by atoms with Crippen LogP contribution < -0.4 is 5.73 Å². The Labute approximate surface area is 79.9 Å². The lowest BCUT2D eigenvalue weighted by Crippen LogP contribution is -1.75. The maximum absolute atomic E-state index is 5.14. The Morgan fingerprint density at radius 3 is 2.92 bits per heavy atom. The minimum absolute atomic E-state index is 0.905. The number of nitrogens with zero attached hydrogens (tertiary/aromatic N) is 1. The van der Waals surface area contributed by atoms with Crippen molar-refractivity contribution in [3.05, 3.63) is 41.0 Å². The Kier molecular flexibility index (Phi) is 3.54. The van der Waals surface area contributed by atoms with Gasteiger partial charge in [0.25, 0.3) is 0 Å². The molecule has 0 aliphatic carbocycles. The molecular weight excluding hydrogens is 216 g/mol. The van der Waals surface area contributed by atoms with Crippen LogP contribution >= 0.6 is 15.9 Å². The zero-order chi connectivity index (χ0) is 8.81. The van der Waals surface area contributed by atoms with Gasteiger partial charge in [-0.2, -0.15) is 0 Å². The van der Waals surface area contributed by atoms with E-state index < -0.39 is 0 Å². The van der Waals surface area contributed by atoms with Gasteiger partial charge in [0.15, 0.2) is 0 Å². The van der Waals surface area contributed by atoms with E-state index in [0.29, 0.717) is 0 Å². The van der Waals surface area contributed by atoms with Crippen LogP contribution in [0.15, 0.2) is 46.0 Å². The topological polar surface area (TPSA) is 38.4 Å². The summed E-state index contributed by atoms with van der Waals surface area (Å²) in [5, 5.41) is 0. The van der Waals surface area contributed by atoms with Crippen molar-refractivity contribution in [2.75, 3.05) is 0 Å². The average Bonchev–Trinajstić information content (AvgIpc) is 2.05. The molecule has 0 saturated heterocycles. The number of allylic oxidation sites excluding steroid dienone is 1. The number of rotatable bonds is 2. The number of benzene rings is 1. The van der Waals surface area contributed by atoms with Crippen LogP contribution in [0.2, 0.25) is 0 Å². The summed E-state index contributed by atoms with van der Waals surface area (Å²) >= 11 is 3.35. The summed E-state index contributed by atoms with van der Waals surface area (Å²) in [5.74, 6) is 0. The van der Waals surface area contributed by atoms with E-state index in [0.717, 1.165) is 10.2 Å². The van der Waals surface area contributed by atoms with Gasteiger partial charge in [-0.1, -0.05) is 22.0 Å². The van der Waals surface area contributed by atoms with Crippen molar-refractivity contribution >= 4 is 27.8 Å². The molecule has 3 heteroatoms. The average molecular weight is 225 g/mol. The summed E-state index contributed by atoms with van der Waals surface area (Å²) in [4.78, 5) is 4.14. The maximum atomic E-state index is 5.14. The SMILES string of the molecule is NC=CC=Nc1cccc(Br)c1. The molecule has 2 nitrogen and oxygen atoms in total. The molecule has 0 atom stereocenters. The normalized spacial score (nSPS) is 11.4. The second-order valence-electron chi connectivity index (χ2n) is 2.14. The molecule has 0 fully saturated rings. The third kappa shape index (κ3) is 2.88. The quantitative estimate of drug-likeness (QED) is 0.772. The number of halogens is 1. The Bertz CT molecular complexity index is 305. The van der Waals surface area contributed by atoms with Crippen molar-refractivity contribution in [2.24, 2.45) is 10.7 Å². The van der Waals surface area contributed by atoms with Gasteiger partial charge in [-0.05, 0) is 30.5 Å². The van der Waals surface area contributed by atoms with Crippen molar-refractivity contribution in [1.29, 1.82) is 0 Å². The van der Waals surface area contributed by atoms with Crippen molar-refractivity contribution < 1.29 is 0 Å². The first-order valence-corrected chi connectivity index (χ1v) is 4.29. The number of nitrogens with two attached hydrogens (primary N) is 1. The third-order valence-electron chi connectivity index (χ3n) is 1.23. The van der Waals surface area contributed by atoms with Gasteiger partial charge in [-0.25, -0.2) is 0 Å². The van der Waals surface area contributed by atoms with Crippen molar-refractivity contribution in [3.8, 4) is 0 Å². The highest BCUT2D eigenvalue weighted by atomic mass is 79.9. The predicted octanol–water partition coefficient (Wildman–Crippen LogP) is 2.62. The Morgan fingerprint density at radius 1 is 1.42 bits per heavy atom. The summed E-state index contributed by atoms with van der Waals surface area (Å²) in [5.41, 5.74) is 6.05. The first-order chi connectivity index (χ1) is 5.83. The summed E-state index contributed by atoms with van der Waals surface area (Å²) in [6.45, 7) is 0. The van der Waals surface area contributed by atoms with Crippen molar-refractivity contribution in [1.82, 2.24) is 0 Å². The minimum atomic E-state index is 0.905. The molecule has 1 aromatic rings. The molecule has 0 aliphatic rings. The smallest absolute Gasteiger partial charge is 0.0640 e. The lowest BCUT2D eigenvalue weighted by molar-refractivity contribution is 1.51. The molecule has 2 N–H and O–H groups in total. The van der Waals surface area contributed by atoms with E-state index in [1.165, 1.54) is 6.20 Å². The Morgan fingerprint density at radius 2 is 2.25 bits per heavy atom. The molecule has 0 radical (unpaired) electrons. The molecule has 0 saturated carbocycles. The minimum Gasteiger partial charge on any atom is -0.405 e. The van der Waals surface area contributed by atoms with Crippen molar-refractivity contribution in [2.45, 2.75) is 0 Å². The number of aliphatic imine (C=N–C) groups is 1. The van der Waals surface area contributed by atoms with Gasteiger partial charge in [-0.3, -0.25) is 4.99 Å². The first-order valence-electron chi connectivity index (χ1n) is 3.49. The summed E-state index contributed by atoms with van der Waals surface area (Å²) in [7, 11) is 0. The van der Waals surface area contributed by atoms with Gasteiger partial charge in [0.05, 0.1) is 5.69 Å². The summed E-state index contributed by atoms with van der Waals surface area (Å²) in [6, 6.07) is 7.74. The van der Waals surface area contributed by atoms with Crippen molar-refractivity contribution in [3.63, 3.8) is 0 Å². The molecule has 1 aromatic carbocycles. The van der Waals surface area contributed by atoms with Crippen LogP contribution in [-0.2, 0) is 0 Å². The molecule has 0 aromatic heterocycles. The molecule has 0 heterocycles. The standard InChI is InChI=1S/C9H9BrN2/c10-8-3-1-4-9(7-8)12-6-2-5-11/h1-7H,11H2. The van der Waals surface area contributed by atoms with Gasteiger partial charge < -0.3 is 5.73 Å². The molecule has 0 aliphatic heterocycles. The fourth-order valence-electron chi connectivity index (χ4n) is 0.735. The lowest BCUT2D eigenvalue weighted by atomic mass is 10.3. The molecule has 0 bridgehead atoms. The molecule has 62 valence electrons. The van der Waals surface area contributed by atoms with Crippen LogP contribution in [0, 0.1) is 0 Å². The van der Waals surface area contributed by atoms with Crippen LogP contribution in [-0.4, -0.2) is 6.21 Å². The van der Waals surface area contributed by atoms with Gasteiger partial charge in [0.1, 0.15) is 0 Å².